The topological polar surface area (TPSA) is 0 Å². The van der Waals surface area contributed by atoms with E-state index >= 15 is 0 Å². The summed E-state index contributed by atoms with van der Waals surface area (Å²) < 4.78 is 1.36. The highest BCUT2D eigenvalue weighted by atomic mass is 32.1. The number of thiophene rings is 1. The van der Waals surface area contributed by atoms with Crippen molar-refractivity contribution in [2.24, 2.45) is 0 Å². The van der Waals surface area contributed by atoms with Gasteiger partial charge in [0.2, 0.25) is 0 Å². The number of hydrogen-bond donors (Lipinski definition) is 0. The Bertz CT molecular complexity index is 647. The molecule has 0 atom stereocenters. The van der Waals surface area contributed by atoms with Gasteiger partial charge in [0.15, 0.2) is 0 Å². The first-order valence-electron chi connectivity index (χ1n) is 5.63. The molecule has 0 saturated heterocycles. The van der Waals surface area contributed by atoms with Gasteiger partial charge in [-0.25, -0.2) is 0 Å². The minimum absolute atomic E-state index is 1.24. The second-order valence-corrected chi connectivity index (χ2v) is 4.85. The van der Waals surface area contributed by atoms with E-state index in [1.54, 1.807) is 11.3 Å². The van der Waals surface area contributed by atoms with Crippen LogP contribution < -0.4 is 0 Å². The average molecular weight is 236 g/mol. The molecular formula is C16H12S. The number of benzene rings is 2. The van der Waals surface area contributed by atoms with Gasteiger partial charge in [-0.05, 0) is 28.0 Å². The Labute approximate surface area is 105 Å². The largest absolute Gasteiger partial charge is 0.143 e. The Morgan fingerprint density at radius 3 is 2.53 bits per heavy atom. The summed E-state index contributed by atoms with van der Waals surface area (Å²) in [6.45, 7) is 0. The minimum atomic E-state index is 1.24. The maximum atomic E-state index is 2.19. The molecule has 2 aromatic carbocycles. The molecule has 0 aliphatic rings. The molecule has 1 aromatic heterocycles. The number of rotatable bonds is 2. The van der Waals surface area contributed by atoms with Crippen LogP contribution in [0.1, 0.15) is 11.1 Å². The number of fused-ring (bicyclic) bond motifs is 1. The molecule has 0 radical (unpaired) electrons. The zero-order valence-electron chi connectivity index (χ0n) is 9.34. The Balaban J connectivity index is 2.00. The van der Waals surface area contributed by atoms with Crippen molar-refractivity contribution < 1.29 is 0 Å². The summed E-state index contributed by atoms with van der Waals surface area (Å²) in [5, 5.41) is 3.47. The lowest BCUT2D eigenvalue weighted by molar-refractivity contribution is 1.66. The fraction of sp³-hybridized carbons (Fsp3) is 0. The molecule has 1 heteroatoms. The van der Waals surface area contributed by atoms with E-state index in [1.807, 2.05) is 6.07 Å². The highest BCUT2D eigenvalue weighted by molar-refractivity contribution is 7.17. The first kappa shape index (κ1) is 10.3. The smallest absolute Gasteiger partial charge is 0.0415 e. The summed E-state index contributed by atoms with van der Waals surface area (Å²) >= 11 is 1.80. The van der Waals surface area contributed by atoms with E-state index in [1.165, 1.54) is 21.2 Å². The van der Waals surface area contributed by atoms with Crippen molar-refractivity contribution in [1.82, 2.24) is 0 Å². The molecule has 0 aliphatic carbocycles. The Morgan fingerprint density at radius 2 is 1.65 bits per heavy atom. The molecule has 0 nitrogen and oxygen atoms in total. The second kappa shape index (κ2) is 4.56. The lowest BCUT2D eigenvalue weighted by atomic mass is 10.1. The van der Waals surface area contributed by atoms with Gasteiger partial charge in [-0.15, -0.1) is 11.3 Å². The molecular weight excluding hydrogens is 224 g/mol. The van der Waals surface area contributed by atoms with Gasteiger partial charge in [-0.2, -0.15) is 0 Å². The second-order valence-electron chi connectivity index (χ2n) is 3.93. The summed E-state index contributed by atoms with van der Waals surface area (Å²) in [5.41, 5.74) is 2.53. The minimum Gasteiger partial charge on any atom is -0.143 e. The van der Waals surface area contributed by atoms with Crippen LogP contribution in [-0.2, 0) is 0 Å². The zero-order valence-corrected chi connectivity index (χ0v) is 10.2. The molecule has 0 amide bonds. The van der Waals surface area contributed by atoms with Crippen molar-refractivity contribution in [3.63, 3.8) is 0 Å². The van der Waals surface area contributed by atoms with Gasteiger partial charge in [0.05, 0.1) is 0 Å². The van der Waals surface area contributed by atoms with Crippen LogP contribution in [0.3, 0.4) is 0 Å². The van der Waals surface area contributed by atoms with Crippen molar-refractivity contribution in [2.75, 3.05) is 0 Å². The third-order valence-corrected chi connectivity index (χ3v) is 3.74. The van der Waals surface area contributed by atoms with Crippen LogP contribution in [0.5, 0.6) is 0 Å². The van der Waals surface area contributed by atoms with Gasteiger partial charge >= 0.3 is 0 Å². The van der Waals surface area contributed by atoms with Gasteiger partial charge in [0.1, 0.15) is 0 Å². The van der Waals surface area contributed by atoms with Gasteiger partial charge in [-0.3, -0.25) is 0 Å². The first-order valence-corrected chi connectivity index (χ1v) is 6.51. The van der Waals surface area contributed by atoms with Crippen LogP contribution in [-0.4, -0.2) is 0 Å². The van der Waals surface area contributed by atoms with Crippen molar-refractivity contribution in [1.29, 1.82) is 0 Å². The summed E-state index contributed by atoms with van der Waals surface area (Å²) in [7, 11) is 0. The van der Waals surface area contributed by atoms with Crippen LogP contribution in [0.25, 0.3) is 22.2 Å². The number of hydrogen-bond acceptors (Lipinski definition) is 1. The van der Waals surface area contributed by atoms with Crippen LogP contribution in [0.4, 0.5) is 0 Å². The zero-order chi connectivity index (χ0) is 11.5. The predicted molar refractivity (Wildman–Crippen MR) is 77.2 cm³/mol. The monoisotopic (exact) mass is 236 g/mol. The van der Waals surface area contributed by atoms with Crippen molar-refractivity contribution in [3.05, 3.63) is 71.1 Å². The van der Waals surface area contributed by atoms with Crippen molar-refractivity contribution in [3.8, 4) is 0 Å². The normalized spacial score (nSPS) is 11.3. The molecule has 1 heterocycles. The van der Waals surface area contributed by atoms with Gasteiger partial charge in [-0.1, -0.05) is 60.7 Å². The summed E-state index contributed by atoms with van der Waals surface area (Å²) in [5.74, 6) is 0. The van der Waals surface area contributed by atoms with Crippen LogP contribution in [0, 0.1) is 0 Å². The lowest BCUT2D eigenvalue weighted by Crippen LogP contribution is -1.72. The Morgan fingerprint density at radius 1 is 0.765 bits per heavy atom. The van der Waals surface area contributed by atoms with Crippen LogP contribution in [0.15, 0.2) is 60.0 Å². The van der Waals surface area contributed by atoms with Gasteiger partial charge in [0.25, 0.3) is 0 Å². The molecule has 0 aliphatic heterocycles. The van der Waals surface area contributed by atoms with E-state index in [2.05, 4.69) is 66.1 Å². The summed E-state index contributed by atoms with van der Waals surface area (Å²) in [4.78, 5) is 0. The molecule has 0 N–H and O–H groups in total. The predicted octanol–water partition coefficient (Wildman–Crippen LogP) is 5.07. The molecule has 0 fully saturated rings. The fourth-order valence-corrected chi connectivity index (χ4v) is 2.79. The van der Waals surface area contributed by atoms with E-state index in [-0.39, 0.29) is 0 Å². The Hall–Kier alpha value is -1.86. The molecule has 0 bridgehead atoms. The molecule has 0 spiro atoms. The SMILES string of the molecule is C(=C\c1cccc2ccsc12)/c1ccccc1. The first-order chi connectivity index (χ1) is 8.43. The van der Waals surface area contributed by atoms with E-state index in [4.69, 9.17) is 0 Å². The Kier molecular flexibility index (Phi) is 2.76. The highest BCUT2D eigenvalue weighted by Crippen LogP contribution is 2.26. The molecule has 0 unspecified atom stereocenters. The summed E-state index contributed by atoms with van der Waals surface area (Å²) in [6, 6.07) is 19.0. The lowest BCUT2D eigenvalue weighted by Gasteiger charge is -1.96. The maximum Gasteiger partial charge on any atom is 0.0415 e. The van der Waals surface area contributed by atoms with Gasteiger partial charge < -0.3 is 0 Å². The van der Waals surface area contributed by atoms with E-state index < -0.39 is 0 Å². The van der Waals surface area contributed by atoms with Crippen molar-refractivity contribution in [2.45, 2.75) is 0 Å². The molecule has 0 saturated carbocycles. The third kappa shape index (κ3) is 2.15. The molecule has 3 rings (SSSR count). The van der Waals surface area contributed by atoms with Gasteiger partial charge in [0, 0.05) is 4.70 Å². The highest BCUT2D eigenvalue weighted by Gasteiger charge is 1.98. The van der Waals surface area contributed by atoms with E-state index in [9.17, 15) is 0 Å². The third-order valence-electron chi connectivity index (χ3n) is 2.76. The standard InChI is InChI=1S/C16H12S/c1-2-5-13(6-3-1)9-10-14-7-4-8-15-11-12-17-16(14)15/h1-12H/b10-9+. The van der Waals surface area contributed by atoms with Crippen LogP contribution >= 0.6 is 11.3 Å². The molecule has 82 valence electrons. The van der Waals surface area contributed by atoms with E-state index in [0.29, 0.717) is 0 Å². The molecule has 3 aromatic rings. The quantitative estimate of drug-likeness (QED) is 0.545. The average Bonchev–Trinajstić information content (AvgIpc) is 2.86. The van der Waals surface area contributed by atoms with Crippen molar-refractivity contribution >= 4 is 33.6 Å². The maximum absolute atomic E-state index is 2.19. The van der Waals surface area contributed by atoms with Crippen LogP contribution in [0.2, 0.25) is 0 Å². The molecule has 17 heavy (non-hydrogen) atoms. The fourth-order valence-electron chi connectivity index (χ4n) is 1.90. The van der Waals surface area contributed by atoms with E-state index in [0.717, 1.165) is 0 Å². The summed E-state index contributed by atoms with van der Waals surface area (Å²) in [6.07, 6.45) is 4.35.